The molecular formula is C14H10Cl6N4O. The van der Waals surface area contributed by atoms with E-state index in [2.05, 4.69) is 15.0 Å². The van der Waals surface area contributed by atoms with Gasteiger partial charge in [-0.2, -0.15) is 9.97 Å². The number of carbonyl (C=O) groups is 1. The van der Waals surface area contributed by atoms with E-state index >= 15 is 0 Å². The predicted molar refractivity (Wildman–Crippen MR) is 102 cm³/mol. The highest BCUT2D eigenvalue weighted by Gasteiger charge is 2.35. The van der Waals surface area contributed by atoms with Gasteiger partial charge in [-0.25, -0.2) is 4.98 Å². The fourth-order valence-corrected chi connectivity index (χ4v) is 2.33. The minimum absolute atomic E-state index is 0.0889. The summed E-state index contributed by atoms with van der Waals surface area (Å²) in [5.74, 6) is -0.958. The van der Waals surface area contributed by atoms with Crippen LogP contribution in [0.1, 0.15) is 24.1 Å². The molecule has 11 heteroatoms. The van der Waals surface area contributed by atoms with Gasteiger partial charge < -0.3 is 0 Å². The van der Waals surface area contributed by atoms with Crippen LogP contribution in [0.15, 0.2) is 30.3 Å². The Morgan fingerprint density at radius 2 is 1.40 bits per heavy atom. The standard InChI is InChI=1S/C14H10Cl6N4O/c1-8(25)24(7-9-5-3-2-4-6-9)12-22-10(13(15,16)17)21-11(23-12)14(18,19)20/h2-6H,7H2,1H3. The maximum Gasteiger partial charge on any atom is 0.250 e. The van der Waals surface area contributed by atoms with Crippen LogP contribution in [-0.2, 0) is 18.9 Å². The SMILES string of the molecule is CC(=O)N(Cc1ccccc1)c1nc(C(Cl)(Cl)Cl)nc(C(Cl)(Cl)Cl)n1. The molecule has 1 heterocycles. The second kappa shape index (κ2) is 7.99. The Labute approximate surface area is 174 Å². The molecule has 0 bridgehead atoms. The third-order valence-corrected chi connectivity index (χ3v) is 3.95. The molecule has 0 N–H and O–H groups in total. The van der Waals surface area contributed by atoms with Gasteiger partial charge >= 0.3 is 0 Å². The van der Waals surface area contributed by atoms with Crippen molar-refractivity contribution in [1.82, 2.24) is 15.0 Å². The summed E-state index contributed by atoms with van der Waals surface area (Å²) in [6, 6.07) is 9.19. The topological polar surface area (TPSA) is 59.0 Å². The van der Waals surface area contributed by atoms with Crippen molar-refractivity contribution in [1.29, 1.82) is 0 Å². The Morgan fingerprint density at radius 3 is 1.80 bits per heavy atom. The van der Waals surface area contributed by atoms with E-state index in [1.165, 1.54) is 11.8 Å². The minimum Gasteiger partial charge on any atom is -0.276 e. The second-order valence-electron chi connectivity index (χ2n) is 4.87. The number of amides is 1. The van der Waals surface area contributed by atoms with E-state index < -0.39 is 7.59 Å². The van der Waals surface area contributed by atoms with Gasteiger partial charge in [-0.1, -0.05) is 99.9 Å². The Bertz CT molecular complexity index is 728. The zero-order valence-electron chi connectivity index (χ0n) is 12.6. The van der Waals surface area contributed by atoms with E-state index in [1.807, 2.05) is 30.3 Å². The number of hydrogen-bond donors (Lipinski definition) is 0. The zero-order valence-corrected chi connectivity index (χ0v) is 17.1. The highest BCUT2D eigenvalue weighted by Crippen LogP contribution is 2.40. The van der Waals surface area contributed by atoms with Gasteiger partial charge in [0, 0.05) is 6.92 Å². The molecule has 0 atom stereocenters. The molecule has 2 rings (SSSR count). The van der Waals surface area contributed by atoms with Crippen molar-refractivity contribution < 1.29 is 4.79 Å². The quantitative estimate of drug-likeness (QED) is 0.597. The lowest BCUT2D eigenvalue weighted by atomic mass is 10.2. The molecule has 1 aromatic carbocycles. The number of carbonyl (C=O) groups excluding carboxylic acids is 1. The van der Waals surface area contributed by atoms with Crippen LogP contribution in [0.25, 0.3) is 0 Å². The number of halogens is 6. The van der Waals surface area contributed by atoms with Gasteiger partial charge in [0.1, 0.15) is 0 Å². The summed E-state index contributed by atoms with van der Waals surface area (Å²) in [4.78, 5) is 25.3. The molecule has 1 aromatic heterocycles. The number of nitrogens with zero attached hydrogens (tertiary/aromatic N) is 4. The van der Waals surface area contributed by atoms with E-state index in [0.29, 0.717) is 0 Å². The van der Waals surface area contributed by atoms with Gasteiger partial charge in [-0.15, -0.1) is 0 Å². The molecule has 2 aromatic rings. The first-order valence-electron chi connectivity index (χ1n) is 6.71. The van der Waals surface area contributed by atoms with Crippen molar-refractivity contribution in [2.24, 2.45) is 0 Å². The van der Waals surface area contributed by atoms with Crippen LogP contribution in [0.4, 0.5) is 5.95 Å². The smallest absolute Gasteiger partial charge is 0.250 e. The third kappa shape index (κ3) is 5.71. The third-order valence-electron chi connectivity index (χ3n) is 2.94. The normalized spacial score (nSPS) is 12.1. The fourth-order valence-electron chi connectivity index (χ4n) is 1.83. The summed E-state index contributed by atoms with van der Waals surface area (Å²) in [7, 11) is 0. The average Bonchev–Trinajstić information content (AvgIpc) is 2.51. The first-order valence-corrected chi connectivity index (χ1v) is 8.98. The van der Waals surface area contributed by atoms with Gasteiger partial charge in [0.15, 0.2) is 11.6 Å². The first-order chi connectivity index (χ1) is 11.5. The lowest BCUT2D eigenvalue weighted by molar-refractivity contribution is -0.116. The molecule has 25 heavy (non-hydrogen) atoms. The van der Waals surface area contributed by atoms with Crippen LogP contribution in [0.2, 0.25) is 0 Å². The van der Waals surface area contributed by atoms with Crippen molar-refractivity contribution in [3.05, 3.63) is 47.5 Å². The monoisotopic (exact) mass is 460 g/mol. The molecule has 0 saturated heterocycles. The minimum atomic E-state index is -1.99. The van der Waals surface area contributed by atoms with Crippen LogP contribution < -0.4 is 4.90 Å². The molecular weight excluding hydrogens is 453 g/mol. The van der Waals surface area contributed by atoms with E-state index in [0.717, 1.165) is 5.56 Å². The van der Waals surface area contributed by atoms with Crippen LogP contribution in [0, 0.1) is 0 Å². The molecule has 0 aliphatic carbocycles. The lowest BCUT2D eigenvalue weighted by Crippen LogP contribution is -2.31. The molecule has 0 spiro atoms. The molecule has 5 nitrogen and oxygen atoms in total. The van der Waals surface area contributed by atoms with Crippen molar-refractivity contribution in [3.63, 3.8) is 0 Å². The van der Waals surface area contributed by atoms with E-state index in [1.54, 1.807) is 0 Å². The number of benzene rings is 1. The van der Waals surface area contributed by atoms with Gasteiger partial charge in [-0.05, 0) is 5.56 Å². The van der Waals surface area contributed by atoms with Gasteiger partial charge in [-0.3, -0.25) is 9.69 Å². The fraction of sp³-hybridized carbons (Fsp3) is 0.286. The van der Waals surface area contributed by atoms with Crippen molar-refractivity contribution in [3.8, 4) is 0 Å². The Balaban J connectivity index is 2.54. The largest absolute Gasteiger partial charge is 0.276 e. The van der Waals surface area contributed by atoms with E-state index in [4.69, 9.17) is 69.6 Å². The summed E-state index contributed by atoms with van der Waals surface area (Å²) in [6.45, 7) is 1.52. The first kappa shape index (κ1) is 20.7. The summed E-state index contributed by atoms with van der Waals surface area (Å²) in [5, 5.41) is 0. The van der Waals surface area contributed by atoms with Crippen LogP contribution in [0.3, 0.4) is 0 Å². The highest BCUT2D eigenvalue weighted by molar-refractivity contribution is 6.67. The van der Waals surface area contributed by atoms with Gasteiger partial charge in [0.2, 0.25) is 19.4 Å². The molecule has 0 saturated carbocycles. The summed E-state index contributed by atoms with van der Waals surface area (Å²) >= 11 is 35.1. The number of hydrogen-bond acceptors (Lipinski definition) is 4. The molecule has 0 aliphatic rings. The number of anilines is 1. The summed E-state index contributed by atoms with van der Waals surface area (Å²) in [5.41, 5.74) is 0.837. The number of rotatable bonds is 3. The van der Waals surface area contributed by atoms with Crippen LogP contribution in [-0.4, -0.2) is 20.9 Å². The predicted octanol–water partition coefficient (Wildman–Crippen LogP) is 5.08. The maximum absolute atomic E-state index is 12.1. The average molecular weight is 463 g/mol. The molecule has 1 amide bonds. The Morgan fingerprint density at radius 1 is 0.920 bits per heavy atom. The Hall–Kier alpha value is -0.560. The van der Waals surface area contributed by atoms with Crippen molar-refractivity contribution >= 4 is 81.5 Å². The molecule has 0 unspecified atom stereocenters. The number of alkyl halides is 6. The maximum atomic E-state index is 12.1. The van der Waals surface area contributed by atoms with E-state index in [9.17, 15) is 4.79 Å². The summed E-state index contributed by atoms with van der Waals surface area (Å²) < 4.78 is -3.98. The molecule has 0 radical (unpaired) electrons. The van der Waals surface area contributed by atoms with Gasteiger partial charge in [0.05, 0.1) is 6.54 Å². The van der Waals surface area contributed by atoms with Crippen LogP contribution >= 0.6 is 69.6 Å². The number of aromatic nitrogens is 3. The molecule has 0 fully saturated rings. The molecule has 134 valence electrons. The van der Waals surface area contributed by atoms with Gasteiger partial charge in [0.25, 0.3) is 0 Å². The molecule has 0 aliphatic heterocycles. The van der Waals surface area contributed by atoms with Crippen molar-refractivity contribution in [2.75, 3.05) is 4.90 Å². The lowest BCUT2D eigenvalue weighted by Gasteiger charge is -2.22. The highest BCUT2D eigenvalue weighted by atomic mass is 35.6. The summed E-state index contributed by atoms with van der Waals surface area (Å²) in [6.07, 6.45) is 0. The second-order valence-corrected chi connectivity index (χ2v) is 9.43. The van der Waals surface area contributed by atoms with Crippen LogP contribution in [0.5, 0.6) is 0 Å². The Kier molecular flexibility index (Phi) is 6.63. The van der Waals surface area contributed by atoms with E-state index in [-0.39, 0.29) is 30.0 Å². The van der Waals surface area contributed by atoms with Crippen molar-refractivity contribution in [2.45, 2.75) is 21.1 Å². The zero-order chi connectivity index (χ0) is 18.8.